The van der Waals surface area contributed by atoms with Gasteiger partial charge in [-0.2, -0.15) is 0 Å². The van der Waals surface area contributed by atoms with Gasteiger partial charge in [-0.25, -0.2) is 0 Å². The van der Waals surface area contributed by atoms with Crippen LogP contribution in [0.2, 0.25) is 0 Å². The van der Waals surface area contributed by atoms with Crippen molar-refractivity contribution >= 4 is 5.91 Å². The van der Waals surface area contributed by atoms with Gasteiger partial charge >= 0.3 is 0 Å². The van der Waals surface area contributed by atoms with E-state index in [1.807, 2.05) is 54.6 Å². The number of carbonyl (C=O) groups is 1. The lowest BCUT2D eigenvalue weighted by Crippen LogP contribution is -2.63. The van der Waals surface area contributed by atoms with Crippen molar-refractivity contribution in [2.45, 2.75) is 50.5 Å². The standard InChI is InChI=1S/C30H35NO7/c1-30(2)27(36-4)25(32)26(33)29(38-30)37-22-14-15-23(20-10-12-21(35-3)13-11-20)24(18-22)28(34)31-17-16-19-8-6-5-7-9-19/h5-15,18,25-27,29,32-33H,16-17H2,1-4H3,(H,31,34)/t25-,26+,27-,29+/m0/s1. The number of hydrogen-bond acceptors (Lipinski definition) is 7. The third kappa shape index (κ3) is 6.16. The van der Waals surface area contributed by atoms with Crippen molar-refractivity contribution in [2.24, 2.45) is 0 Å². The average molecular weight is 522 g/mol. The average Bonchev–Trinajstić information content (AvgIpc) is 2.92. The quantitative estimate of drug-likeness (QED) is 0.395. The minimum Gasteiger partial charge on any atom is -0.497 e. The highest BCUT2D eigenvalue weighted by Gasteiger charge is 2.50. The summed E-state index contributed by atoms with van der Waals surface area (Å²) in [4.78, 5) is 13.4. The van der Waals surface area contributed by atoms with Crippen LogP contribution in [0.1, 0.15) is 29.8 Å². The highest BCUT2D eigenvalue weighted by molar-refractivity contribution is 6.01. The first-order valence-electron chi connectivity index (χ1n) is 12.6. The van der Waals surface area contributed by atoms with Gasteiger partial charge in [0.05, 0.1) is 18.3 Å². The fraction of sp³-hybridized carbons (Fsp3) is 0.367. The summed E-state index contributed by atoms with van der Waals surface area (Å²) in [5.41, 5.74) is 2.15. The Morgan fingerprint density at radius 2 is 1.63 bits per heavy atom. The van der Waals surface area contributed by atoms with Crippen LogP contribution in [0.25, 0.3) is 11.1 Å². The molecule has 8 nitrogen and oxygen atoms in total. The molecule has 3 N–H and O–H groups in total. The van der Waals surface area contributed by atoms with E-state index in [0.29, 0.717) is 35.6 Å². The maximum absolute atomic E-state index is 13.4. The van der Waals surface area contributed by atoms with Gasteiger partial charge in [-0.15, -0.1) is 0 Å². The van der Waals surface area contributed by atoms with Crippen LogP contribution in [0.15, 0.2) is 72.8 Å². The van der Waals surface area contributed by atoms with E-state index in [1.165, 1.54) is 7.11 Å². The molecule has 8 heteroatoms. The summed E-state index contributed by atoms with van der Waals surface area (Å²) in [6, 6.07) is 22.5. The number of amides is 1. The van der Waals surface area contributed by atoms with Gasteiger partial charge in [-0.1, -0.05) is 42.5 Å². The van der Waals surface area contributed by atoms with E-state index in [9.17, 15) is 15.0 Å². The number of aliphatic hydroxyl groups is 2. The first kappa shape index (κ1) is 27.6. The van der Waals surface area contributed by atoms with Gasteiger partial charge in [-0.3, -0.25) is 4.79 Å². The van der Waals surface area contributed by atoms with Crippen LogP contribution in [0.4, 0.5) is 0 Å². The molecule has 38 heavy (non-hydrogen) atoms. The molecule has 1 fully saturated rings. The van der Waals surface area contributed by atoms with E-state index < -0.39 is 30.2 Å². The molecule has 1 aliphatic heterocycles. The van der Waals surface area contributed by atoms with Crippen LogP contribution < -0.4 is 14.8 Å². The van der Waals surface area contributed by atoms with Crippen molar-refractivity contribution in [1.29, 1.82) is 0 Å². The summed E-state index contributed by atoms with van der Waals surface area (Å²) in [5.74, 6) is 0.766. The second-order valence-electron chi connectivity index (χ2n) is 9.77. The summed E-state index contributed by atoms with van der Waals surface area (Å²) >= 11 is 0. The van der Waals surface area contributed by atoms with Crippen LogP contribution in [0.5, 0.6) is 11.5 Å². The van der Waals surface area contributed by atoms with Crippen molar-refractivity contribution in [3.05, 3.63) is 83.9 Å². The molecule has 202 valence electrons. The lowest BCUT2D eigenvalue weighted by molar-refractivity contribution is -0.305. The van der Waals surface area contributed by atoms with Crippen LogP contribution >= 0.6 is 0 Å². The molecule has 1 aliphatic rings. The first-order chi connectivity index (χ1) is 18.2. The number of nitrogens with one attached hydrogen (secondary N) is 1. The summed E-state index contributed by atoms with van der Waals surface area (Å²) in [7, 11) is 3.05. The lowest BCUT2D eigenvalue weighted by Gasteiger charge is -2.46. The van der Waals surface area contributed by atoms with E-state index >= 15 is 0 Å². The zero-order valence-electron chi connectivity index (χ0n) is 22.1. The fourth-order valence-corrected chi connectivity index (χ4v) is 4.71. The monoisotopic (exact) mass is 521 g/mol. The first-order valence-corrected chi connectivity index (χ1v) is 12.6. The summed E-state index contributed by atoms with van der Waals surface area (Å²) in [5, 5.41) is 24.2. The molecule has 3 aromatic rings. The summed E-state index contributed by atoms with van der Waals surface area (Å²) in [6.45, 7) is 3.97. The van der Waals surface area contributed by atoms with E-state index in [0.717, 1.165) is 11.1 Å². The molecule has 0 saturated carbocycles. The number of benzene rings is 3. The molecule has 4 rings (SSSR count). The van der Waals surface area contributed by atoms with Crippen LogP contribution in [0, 0.1) is 0 Å². The smallest absolute Gasteiger partial charge is 0.252 e. The lowest BCUT2D eigenvalue weighted by atomic mass is 9.89. The van der Waals surface area contributed by atoms with Gasteiger partial charge in [-0.05, 0) is 67.3 Å². The third-order valence-electron chi connectivity index (χ3n) is 6.73. The van der Waals surface area contributed by atoms with E-state index in [1.54, 1.807) is 39.2 Å². The number of hydrogen-bond donors (Lipinski definition) is 3. The highest BCUT2D eigenvalue weighted by atomic mass is 16.7. The molecule has 0 unspecified atom stereocenters. The molecule has 4 atom stereocenters. The molecule has 3 aromatic carbocycles. The van der Waals surface area contributed by atoms with Crippen LogP contribution in [0.3, 0.4) is 0 Å². The number of methoxy groups -OCH3 is 2. The van der Waals surface area contributed by atoms with Gasteiger partial charge in [0, 0.05) is 13.7 Å². The second-order valence-corrected chi connectivity index (χ2v) is 9.77. The highest BCUT2D eigenvalue weighted by Crippen LogP contribution is 2.34. The SMILES string of the molecule is COc1ccc(-c2ccc(O[C@@H]3OC(C)(C)[C@@H](OC)[C@@H](O)[C@H]3O)cc2C(=O)NCCc2ccccc2)cc1. The Morgan fingerprint density at radius 3 is 2.29 bits per heavy atom. The zero-order valence-corrected chi connectivity index (χ0v) is 22.1. The minimum absolute atomic E-state index is 0.262. The normalized spacial score (nSPS) is 22.5. The van der Waals surface area contributed by atoms with E-state index in [2.05, 4.69) is 5.32 Å². The number of aliphatic hydroxyl groups excluding tert-OH is 2. The Morgan fingerprint density at radius 1 is 0.947 bits per heavy atom. The van der Waals surface area contributed by atoms with E-state index in [-0.39, 0.29) is 5.91 Å². The van der Waals surface area contributed by atoms with Gasteiger partial charge < -0.3 is 34.5 Å². The Bertz CT molecular complexity index is 1210. The summed E-state index contributed by atoms with van der Waals surface area (Å²) < 4.78 is 22.5. The summed E-state index contributed by atoms with van der Waals surface area (Å²) in [6.07, 6.45) is -3.77. The van der Waals surface area contributed by atoms with Gasteiger partial charge in [0.2, 0.25) is 6.29 Å². The van der Waals surface area contributed by atoms with Crippen molar-refractivity contribution in [3.63, 3.8) is 0 Å². The molecule has 1 heterocycles. The largest absolute Gasteiger partial charge is 0.497 e. The predicted molar refractivity (Wildman–Crippen MR) is 143 cm³/mol. The molecule has 0 aromatic heterocycles. The topological polar surface area (TPSA) is 106 Å². The Hall–Kier alpha value is -3.43. The number of ether oxygens (including phenoxy) is 4. The van der Waals surface area contributed by atoms with Crippen molar-refractivity contribution in [2.75, 3.05) is 20.8 Å². The minimum atomic E-state index is -1.35. The molecule has 1 saturated heterocycles. The maximum atomic E-state index is 13.4. The van der Waals surface area contributed by atoms with Crippen molar-refractivity contribution < 1.29 is 34.0 Å². The molecular formula is C30H35NO7. The van der Waals surface area contributed by atoms with Crippen molar-refractivity contribution in [3.8, 4) is 22.6 Å². The van der Waals surface area contributed by atoms with Crippen molar-refractivity contribution in [1.82, 2.24) is 5.32 Å². The number of rotatable bonds is 9. The van der Waals surface area contributed by atoms with Crippen LogP contribution in [-0.2, 0) is 15.9 Å². The zero-order chi connectivity index (χ0) is 27.3. The second kappa shape index (κ2) is 12.0. The Balaban J connectivity index is 1.59. The Kier molecular flexibility index (Phi) is 8.69. The molecular weight excluding hydrogens is 486 g/mol. The molecule has 0 spiro atoms. The molecule has 0 aliphatic carbocycles. The van der Waals surface area contributed by atoms with Gasteiger partial charge in [0.15, 0.2) is 0 Å². The maximum Gasteiger partial charge on any atom is 0.252 e. The van der Waals surface area contributed by atoms with Gasteiger partial charge in [0.1, 0.15) is 29.8 Å². The molecule has 0 bridgehead atoms. The number of carbonyl (C=O) groups excluding carboxylic acids is 1. The molecule has 0 radical (unpaired) electrons. The van der Waals surface area contributed by atoms with Crippen LogP contribution in [-0.4, -0.2) is 67.1 Å². The fourth-order valence-electron chi connectivity index (χ4n) is 4.71. The van der Waals surface area contributed by atoms with Gasteiger partial charge in [0.25, 0.3) is 5.91 Å². The Labute approximate surface area is 223 Å². The van der Waals surface area contributed by atoms with E-state index in [4.69, 9.17) is 18.9 Å². The predicted octanol–water partition coefficient (Wildman–Crippen LogP) is 3.59. The molecule has 1 amide bonds. The third-order valence-corrected chi connectivity index (χ3v) is 6.73.